The van der Waals surface area contributed by atoms with E-state index in [1.54, 1.807) is 0 Å². The zero-order valence-electron chi connectivity index (χ0n) is 52.9. The van der Waals surface area contributed by atoms with E-state index < -0.39 is 0 Å². The second-order valence-corrected chi connectivity index (χ2v) is 27.1. The summed E-state index contributed by atoms with van der Waals surface area (Å²) < 4.78 is 5.16. The molecule has 0 amide bonds. The van der Waals surface area contributed by atoms with Crippen molar-refractivity contribution in [3.8, 4) is 101 Å². The van der Waals surface area contributed by atoms with Gasteiger partial charge in [0.15, 0.2) is 0 Å². The highest BCUT2D eigenvalue weighted by Gasteiger charge is 2.38. The minimum absolute atomic E-state index is 0.245. The summed E-state index contributed by atoms with van der Waals surface area (Å²) in [5, 5.41) is 12.0. The van der Waals surface area contributed by atoms with E-state index in [-0.39, 0.29) is 10.8 Å². The van der Waals surface area contributed by atoms with Crippen molar-refractivity contribution in [1.82, 2.24) is 9.13 Å². The van der Waals surface area contributed by atoms with Crippen LogP contribution in [0.5, 0.6) is 0 Å². The molecule has 2 aliphatic carbocycles. The molecule has 2 heteroatoms. The molecule has 2 aliphatic rings. The molecule has 19 rings (SSSR count). The van der Waals surface area contributed by atoms with Crippen molar-refractivity contribution in [3.05, 3.63) is 338 Å². The molecule has 0 spiro atoms. The van der Waals surface area contributed by atoms with Gasteiger partial charge in [-0.05, 0) is 193 Å². The SMILES string of the molecule is CC1(C)c2ccccc2-c2ccc(-c3c4cc5c(-c6ccccc6)c(-c6ccccc6)n(-c6ccc7ccccc7c6)c5cc4c(-c4ccc5c(c4)C(C)(C)c4ccccc4-5)c4cc5c(-c6ccccc6)c(-c6ccccc6)n(-c6ccc7ccccc7c6)c5cc34)cc21. The molecule has 0 fully saturated rings. The average molecular weight is 1200 g/mol. The summed E-state index contributed by atoms with van der Waals surface area (Å²) in [6.07, 6.45) is 0. The Morgan fingerprint density at radius 3 is 0.947 bits per heavy atom. The molecule has 0 bridgehead atoms. The van der Waals surface area contributed by atoms with Gasteiger partial charge in [-0.15, -0.1) is 0 Å². The Hall–Kier alpha value is -11.6. The summed E-state index contributed by atoms with van der Waals surface area (Å²) in [7, 11) is 0. The van der Waals surface area contributed by atoms with Crippen molar-refractivity contribution in [1.29, 1.82) is 0 Å². The predicted molar refractivity (Wildman–Crippen MR) is 398 cm³/mol. The van der Waals surface area contributed by atoms with Crippen molar-refractivity contribution in [3.63, 3.8) is 0 Å². The van der Waals surface area contributed by atoms with Crippen LogP contribution in [-0.2, 0) is 10.8 Å². The quantitative estimate of drug-likeness (QED) is 0.134. The van der Waals surface area contributed by atoms with Crippen LogP contribution in [0.1, 0.15) is 49.9 Å². The summed E-state index contributed by atoms with van der Waals surface area (Å²) in [5.74, 6) is 0. The third-order valence-electron chi connectivity index (χ3n) is 21.2. The maximum absolute atomic E-state index is 2.60. The largest absolute Gasteiger partial charge is 0.309 e. The van der Waals surface area contributed by atoms with Gasteiger partial charge < -0.3 is 9.13 Å². The highest BCUT2D eigenvalue weighted by molar-refractivity contribution is 6.28. The average Bonchev–Trinajstić information content (AvgIpc) is 1.41. The van der Waals surface area contributed by atoms with Crippen LogP contribution in [0, 0.1) is 0 Å². The predicted octanol–water partition coefficient (Wildman–Crippen LogP) is 24.8. The van der Waals surface area contributed by atoms with Crippen LogP contribution in [-0.4, -0.2) is 9.13 Å². The third kappa shape index (κ3) is 7.96. The number of aromatic nitrogens is 2. The molecule has 0 atom stereocenters. The van der Waals surface area contributed by atoms with Gasteiger partial charge in [-0.25, -0.2) is 0 Å². The van der Waals surface area contributed by atoms with Crippen LogP contribution < -0.4 is 0 Å². The van der Waals surface area contributed by atoms with E-state index in [1.165, 1.54) is 143 Å². The molecule has 17 aromatic rings. The van der Waals surface area contributed by atoms with E-state index in [9.17, 15) is 0 Å². The third-order valence-corrected chi connectivity index (χ3v) is 21.2. The maximum atomic E-state index is 2.60. The van der Waals surface area contributed by atoms with Gasteiger partial charge in [0.05, 0.1) is 22.4 Å². The highest BCUT2D eigenvalue weighted by atomic mass is 15.0. The summed E-state index contributed by atoms with van der Waals surface area (Å²) in [4.78, 5) is 0. The molecule has 15 aromatic carbocycles. The Kier molecular flexibility index (Phi) is 11.8. The molecule has 0 radical (unpaired) electrons. The van der Waals surface area contributed by atoms with Gasteiger partial charge in [-0.3, -0.25) is 0 Å². The Labute approximate surface area is 547 Å². The lowest BCUT2D eigenvalue weighted by Gasteiger charge is -2.24. The topological polar surface area (TPSA) is 9.86 Å². The molecule has 0 saturated heterocycles. The summed E-state index contributed by atoms with van der Waals surface area (Å²) >= 11 is 0. The van der Waals surface area contributed by atoms with Crippen molar-refractivity contribution in [2.45, 2.75) is 38.5 Å². The van der Waals surface area contributed by atoms with Gasteiger partial charge >= 0.3 is 0 Å². The first-order valence-electron chi connectivity index (χ1n) is 33.1. The van der Waals surface area contributed by atoms with Crippen molar-refractivity contribution in [2.75, 3.05) is 0 Å². The molecular weight excluding hydrogens is 1130 g/mol. The van der Waals surface area contributed by atoms with E-state index in [2.05, 4.69) is 352 Å². The fourth-order valence-corrected chi connectivity index (χ4v) is 16.8. The second kappa shape index (κ2) is 20.5. The molecule has 0 saturated carbocycles. The fraction of sp³-hybridized carbons (Fsp3) is 0.0652. The van der Waals surface area contributed by atoms with Crippen molar-refractivity contribution in [2.24, 2.45) is 0 Å². The van der Waals surface area contributed by atoms with E-state index in [1.807, 2.05) is 0 Å². The monoisotopic (exact) mass is 1200 g/mol. The number of benzene rings is 15. The van der Waals surface area contributed by atoms with Crippen LogP contribution in [0.3, 0.4) is 0 Å². The van der Waals surface area contributed by atoms with Crippen LogP contribution >= 0.6 is 0 Å². The van der Waals surface area contributed by atoms with Gasteiger partial charge in [-0.1, -0.05) is 282 Å². The van der Waals surface area contributed by atoms with Gasteiger partial charge in [-0.2, -0.15) is 0 Å². The first-order valence-corrected chi connectivity index (χ1v) is 33.1. The minimum atomic E-state index is -0.245. The number of hydrogen-bond acceptors (Lipinski definition) is 0. The number of hydrogen-bond donors (Lipinski definition) is 0. The maximum Gasteiger partial charge on any atom is 0.0619 e. The highest BCUT2D eigenvalue weighted by Crippen LogP contribution is 2.57. The zero-order valence-corrected chi connectivity index (χ0v) is 52.9. The lowest BCUT2D eigenvalue weighted by molar-refractivity contribution is 0.660. The Balaban J connectivity index is 1.05. The first-order chi connectivity index (χ1) is 46.2. The summed E-state index contributed by atoms with van der Waals surface area (Å²) in [5.41, 5.74) is 28.9. The molecule has 94 heavy (non-hydrogen) atoms. The van der Waals surface area contributed by atoms with Crippen LogP contribution in [0.2, 0.25) is 0 Å². The number of nitrogens with zero attached hydrogens (tertiary/aromatic N) is 2. The summed E-state index contributed by atoms with van der Waals surface area (Å²) in [6.45, 7) is 9.67. The lowest BCUT2D eigenvalue weighted by Crippen LogP contribution is -2.15. The lowest BCUT2D eigenvalue weighted by atomic mass is 9.79. The van der Waals surface area contributed by atoms with Crippen molar-refractivity contribution < 1.29 is 0 Å². The second-order valence-electron chi connectivity index (χ2n) is 27.1. The van der Waals surface area contributed by atoms with Gasteiger partial charge in [0, 0.05) is 44.1 Å². The first kappa shape index (κ1) is 54.2. The molecule has 0 unspecified atom stereocenters. The van der Waals surface area contributed by atoms with E-state index in [0.717, 1.165) is 44.9 Å². The molecule has 442 valence electrons. The number of rotatable bonds is 8. The van der Waals surface area contributed by atoms with E-state index in [4.69, 9.17) is 0 Å². The van der Waals surface area contributed by atoms with Gasteiger partial charge in [0.1, 0.15) is 0 Å². The van der Waals surface area contributed by atoms with Crippen LogP contribution in [0.4, 0.5) is 0 Å². The van der Waals surface area contributed by atoms with Crippen LogP contribution in [0.15, 0.2) is 315 Å². The smallest absolute Gasteiger partial charge is 0.0619 e. The standard InChI is InChI=1S/C92H64N2/c1-91(2)79-39-23-21-37-69(79)71-47-43-65(51-81(71)91)85-73-53-77-84(94(68-46-42-58-26-18-20-36-64(58)50-68)89(61-31-13-7-14-32-61)87(77)59-27-9-5-10-28-59)56-76(73)86(66-44-48-72-70-38-22-24-40-80(70)92(3,4)82(72)52-66)74-54-78-83(55-75(74)85)93(67-45-41-57-25-17-19-35-63(57)49-67)90(62-33-15-8-16-34-62)88(78)60-29-11-6-12-30-60/h5-56H,1-4H3. The van der Waals surface area contributed by atoms with Crippen molar-refractivity contribution >= 4 is 64.9 Å². The summed E-state index contributed by atoms with van der Waals surface area (Å²) in [6, 6.07) is 119. The molecular formula is C92H64N2. The Morgan fingerprint density at radius 2 is 0.543 bits per heavy atom. The zero-order chi connectivity index (χ0) is 62.6. The molecule has 2 heterocycles. The minimum Gasteiger partial charge on any atom is -0.309 e. The normalized spacial score (nSPS) is 13.5. The van der Waals surface area contributed by atoms with Gasteiger partial charge in [0.2, 0.25) is 0 Å². The Bertz CT molecular complexity index is 5630. The van der Waals surface area contributed by atoms with E-state index >= 15 is 0 Å². The van der Waals surface area contributed by atoms with Crippen LogP contribution in [0.25, 0.3) is 166 Å². The Morgan fingerprint density at radius 1 is 0.213 bits per heavy atom. The van der Waals surface area contributed by atoms with E-state index in [0.29, 0.717) is 0 Å². The number of fused-ring (bicyclic) bond motifs is 12. The van der Waals surface area contributed by atoms with Gasteiger partial charge in [0.25, 0.3) is 0 Å². The molecule has 2 nitrogen and oxygen atoms in total. The molecule has 0 aliphatic heterocycles. The molecule has 0 N–H and O–H groups in total. The fourth-order valence-electron chi connectivity index (χ4n) is 16.8. The molecule has 2 aromatic heterocycles.